The van der Waals surface area contributed by atoms with Crippen molar-refractivity contribution in [1.29, 1.82) is 0 Å². The molecule has 0 rings (SSSR count). The van der Waals surface area contributed by atoms with Crippen molar-refractivity contribution < 1.29 is 44.3 Å². The van der Waals surface area contributed by atoms with Crippen molar-refractivity contribution in [1.82, 2.24) is 0 Å². The first kappa shape index (κ1) is 30.7. The van der Waals surface area contributed by atoms with Gasteiger partial charge >= 0.3 is 17.2 Å². The van der Waals surface area contributed by atoms with Crippen LogP contribution in [0.3, 0.4) is 0 Å². The van der Waals surface area contributed by atoms with Gasteiger partial charge in [-0.2, -0.15) is 0 Å². The molecule has 0 saturated heterocycles. The Balaban J connectivity index is 0. The Kier molecular flexibility index (Phi) is 22.8. The summed E-state index contributed by atoms with van der Waals surface area (Å²) in [6.07, 6.45) is 12.0. The third-order valence-corrected chi connectivity index (χ3v) is 5.80. The summed E-state index contributed by atoms with van der Waals surface area (Å²) in [6.45, 7) is 1.06. The van der Waals surface area contributed by atoms with Gasteiger partial charge in [0.15, 0.2) is 0 Å². The summed E-state index contributed by atoms with van der Waals surface area (Å²) in [5, 5.41) is 37.7. The van der Waals surface area contributed by atoms with E-state index in [4.69, 9.17) is 19.6 Å². The van der Waals surface area contributed by atoms with Crippen LogP contribution in [-0.4, -0.2) is 65.9 Å². The summed E-state index contributed by atoms with van der Waals surface area (Å²) in [7, 11) is -5.22. The van der Waals surface area contributed by atoms with Gasteiger partial charge in [0.2, 0.25) is 0 Å². The maximum absolute atomic E-state index is 10.0. The van der Waals surface area contributed by atoms with Crippen LogP contribution < -0.4 is 0 Å². The van der Waals surface area contributed by atoms with Gasteiger partial charge in [-0.3, -0.25) is 0 Å². The molecule has 0 aromatic rings. The van der Waals surface area contributed by atoms with Gasteiger partial charge in [-0.05, 0) is 6.42 Å². The third kappa shape index (κ3) is 17.4. The Morgan fingerprint density at radius 2 is 1.04 bits per heavy atom. The van der Waals surface area contributed by atoms with Gasteiger partial charge in [0.05, 0.1) is 31.3 Å². The third-order valence-electron chi connectivity index (χ3n) is 4.63. The van der Waals surface area contributed by atoms with E-state index in [1.165, 1.54) is 51.4 Å². The van der Waals surface area contributed by atoms with Crippen LogP contribution in [-0.2, 0) is 4.31 Å². The fourth-order valence-corrected chi connectivity index (χ4v) is 3.19. The van der Waals surface area contributed by atoms with Gasteiger partial charge < -0.3 is 40.0 Å². The van der Waals surface area contributed by atoms with Gasteiger partial charge in [-0.25, -0.2) is 4.31 Å². The minimum absolute atomic E-state index is 0.390. The summed E-state index contributed by atoms with van der Waals surface area (Å²) in [5.41, 5.74) is -1.15. The van der Waals surface area contributed by atoms with E-state index in [1.54, 1.807) is 0 Å². The molecule has 11 heteroatoms. The molecule has 28 heavy (non-hydrogen) atoms. The van der Waals surface area contributed by atoms with Gasteiger partial charge in [0, 0.05) is 0 Å². The number of unbranched alkanes of at least 4 members (excludes halogenated alkanes) is 9. The van der Waals surface area contributed by atoms with Crippen molar-refractivity contribution in [2.75, 3.05) is 19.8 Å². The van der Waals surface area contributed by atoms with Crippen LogP contribution in [0.1, 0.15) is 77.6 Å². The lowest BCUT2D eigenvalue weighted by atomic mass is 9.82. The smallest absolute Gasteiger partial charge is 0.334 e. The average Bonchev–Trinajstić information content (AvgIpc) is 2.64. The van der Waals surface area contributed by atoms with E-state index in [9.17, 15) is 20.4 Å². The molecule has 0 spiro atoms. The van der Waals surface area contributed by atoms with Crippen molar-refractivity contribution in [3.63, 3.8) is 0 Å². The molecule has 0 fully saturated rings. The summed E-state index contributed by atoms with van der Waals surface area (Å²) in [5.74, 6) is 0. The first-order valence-electron chi connectivity index (χ1n) is 9.84. The van der Waals surface area contributed by atoms with Crippen molar-refractivity contribution in [2.24, 2.45) is 5.41 Å². The standard InChI is InChI=1S/C17H36O4.H4O5P2/c1-2-3-4-5-6-7-8-9-10-11-12-16(21)17(13-18,14-19)15-20;1-6(2)5-7(3)4/h16,18-21H,2-15H2,1H3;1-4H. The molecule has 0 amide bonds. The van der Waals surface area contributed by atoms with Crippen molar-refractivity contribution in [3.05, 3.63) is 0 Å². The van der Waals surface area contributed by atoms with Crippen LogP contribution in [0.4, 0.5) is 0 Å². The predicted molar refractivity (Wildman–Crippen MR) is 110 cm³/mol. The molecule has 0 aliphatic heterocycles. The number of aliphatic hydroxyl groups is 4. The zero-order valence-electron chi connectivity index (χ0n) is 16.9. The quantitative estimate of drug-likeness (QED) is 0.122. The second-order valence-electron chi connectivity index (χ2n) is 6.91. The lowest BCUT2D eigenvalue weighted by Crippen LogP contribution is -2.45. The SMILES string of the molecule is CCCCCCCCCCCCC(O)C(CO)(CO)CO.OP(O)OP(O)O. The molecule has 0 aliphatic rings. The molecule has 0 aromatic heterocycles. The Morgan fingerprint density at radius 1 is 0.679 bits per heavy atom. The molecule has 0 aliphatic carbocycles. The molecule has 1 atom stereocenters. The van der Waals surface area contributed by atoms with Crippen LogP contribution in [0.5, 0.6) is 0 Å². The predicted octanol–water partition coefficient (Wildman–Crippen LogP) is 2.05. The van der Waals surface area contributed by atoms with Gasteiger partial charge in [0.1, 0.15) is 0 Å². The minimum atomic E-state index is -2.61. The van der Waals surface area contributed by atoms with Gasteiger partial charge in [0.25, 0.3) is 0 Å². The van der Waals surface area contributed by atoms with Crippen LogP contribution in [0.15, 0.2) is 0 Å². The molecule has 0 heterocycles. The van der Waals surface area contributed by atoms with Crippen molar-refractivity contribution in [2.45, 2.75) is 83.7 Å². The van der Waals surface area contributed by atoms with Gasteiger partial charge in [-0.1, -0.05) is 71.1 Å². The highest BCUT2D eigenvalue weighted by atomic mass is 31.2. The second-order valence-corrected chi connectivity index (χ2v) is 8.57. The molecule has 0 saturated carbocycles. The fourth-order valence-electron chi connectivity index (χ4n) is 2.66. The zero-order valence-corrected chi connectivity index (χ0v) is 18.6. The first-order valence-corrected chi connectivity index (χ1v) is 12.2. The fraction of sp³-hybridized carbons (Fsp3) is 1.00. The van der Waals surface area contributed by atoms with E-state index in [0.717, 1.165) is 12.8 Å². The van der Waals surface area contributed by atoms with Gasteiger partial charge in [-0.15, -0.1) is 0 Å². The molecular formula is C17H40O9P2. The Labute approximate surface area is 171 Å². The van der Waals surface area contributed by atoms with Crippen LogP contribution in [0.2, 0.25) is 0 Å². The maximum Gasteiger partial charge on any atom is 0.334 e. The Morgan fingerprint density at radius 3 is 1.32 bits per heavy atom. The zero-order chi connectivity index (χ0) is 21.8. The lowest BCUT2D eigenvalue weighted by molar-refractivity contribution is -0.0863. The number of aliphatic hydroxyl groups excluding tert-OH is 4. The molecule has 8 N–H and O–H groups in total. The van der Waals surface area contributed by atoms with E-state index >= 15 is 0 Å². The van der Waals surface area contributed by atoms with E-state index < -0.39 is 28.7 Å². The molecule has 9 nitrogen and oxygen atoms in total. The molecule has 1 unspecified atom stereocenters. The van der Waals surface area contributed by atoms with Crippen molar-refractivity contribution in [3.8, 4) is 0 Å². The number of hydrogen-bond acceptors (Lipinski definition) is 9. The van der Waals surface area contributed by atoms with Crippen molar-refractivity contribution >= 4 is 17.2 Å². The molecule has 0 aromatic carbocycles. The average molecular weight is 450 g/mol. The van der Waals surface area contributed by atoms with E-state index in [0.29, 0.717) is 6.42 Å². The molecule has 172 valence electrons. The first-order chi connectivity index (χ1) is 13.3. The van der Waals surface area contributed by atoms with E-state index in [1.807, 2.05) is 0 Å². The molecular weight excluding hydrogens is 410 g/mol. The summed E-state index contributed by atoms with van der Waals surface area (Å²) in [4.78, 5) is 31.3. The summed E-state index contributed by atoms with van der Waals surface area (Å²) in [6, 6.07) is 0. The van der Waals surface area contributed by atoms with Crippen LogP contribution in [0, 0.1) is 5.41 Å². The molecule has 0 bridgehead atoms. The minimum Gasteiger partial charge on any atom is -0.396 e. The Bertz CT molecular complexity index is 305. The van der Waals surface area contributed by atoms with E-state index in [2.05, 4.69) is 11.2 Å². The lowest BCUT2D eigenvalue weighted by Gasteiger charge is -2.32. The normalized spacial score (nSPS) is 13.0. The second kappa shape index (κ2) is 20.8. The number of hydrogen-bond donors (Lipinski definition) is 8. The summed E-state index contributed by atoms with van der Waals surface area (Å²) >= 11 is 0. The van der Waals surface area contributed by atoms with Crippen LogP contribution in [0.25, 0.3) is 0 Å². The topological polar surface area (TPSA) is 171 Å². The van der Waals surface area contributed by atoms with Crippen LogP contribution >= 0.6 is 17.2 Å². The Hall–Kier alpha value is 0.500. The largest absolute Gasteiger partial charge is 0.396 e. The maximum atomic E-state index is 10.0. The number of rotatable bonds is 17. The summed E-state index contributed by atoms with van der Waals surface area (Å²) < 4.78 is 3.60. The monoisotopic (exact) mass is 450 g/mol. The molecule has 0 radical (unpaired) electrons. The van der Waals surface area contributed by atoms with E-state index in [-0.39, 0.29) is 19.8 Å². The highest BCUT2D eigenvalue weighted by Gasteiger charge is 2.35. The highest BCUT2D eigenvalue weighted by Crippen LogP contribution is 2.41. The highest BCUT2D eigenvalue weighted by molar-refractivity contribution is 7.53.